The fraction of sp³-hybridized carbons (Fsp3) is 0.111. The molecule has 2 rings (SSSR count). The van der Waals surface area contributed by atoms with Gasteiger partial charge in [0, 0.05) is 0 Å². The van der Waals surface area contributed by atoms with Crippen LogP contribution in [-0.2, 0) is 0 Å². The second-order valence-corrected chi connectivity index (χ2v) is 3.82. The van der Waals surface area contributed by atoms with Gasteiger partial charge in [-0.05, 0) is 25.0 Å². The molecule has 0 unspecified atom stereocenters. The lowest BCUT2D eigenvalue weighted by Gasteiger charge is -1.86. The first-order valence-electron chi connectivity index (χ1n) is 6.22. The molecule has 0 heteroatoms. The van der Waals surface area contributed by atoms with Crippen LogP contribution in [0.4, 0.5) is 0 Å². The van der Waals surface area contributed by atoms with E-state index in [0.717, 1.165) is 0 Å². The van der Waals surface area contributed by atoms with E-state index in [2.05, 4.69) is 36.4 Å². The van der Waals surface area contributed by atoms with Crippen LogP contribution in [0, 0.1) is 0 Å². The molecule has 2 aromatic rings. The molecule has 0 spiro atoms. The van der Waals surface area contributed by atoms with Gasteiger partial charge in [-0.1, -0.05) is 85.0 Å². The molecule has 0 nitrogen and oxygen atoms in total. The second kappa shape index (κ2) is 9.00. The maximum Gasteiger partial charge on any atom is -0.0260 e. The Morgan fingerprint density at radius 1 is 0.556 bits per heavy atom. The minimum Gasteiger partial charge on any atom is -0.0871 e. The van der Waals surface area contributed by atoms with Gasteiger partial charge in [-0.2, -0.15) is 0 Å². The molecule has 0 atom stereocenters. The Morgan fingerprint density at radius 3 is 1.17 bits per heavy atom. The Bertz CT molecular complexity index is 416. The molecule has 92 valence electrons. The van der Waals surface area contributed by atoms with Gasteiger partial charge in [0.1, 0.15) is 0 Å². The van der Waals surface area contributed by atoms with Gasteiger partial charge in [-0.15, -0.1) is 0 Å². The van der Waals surface area contributed by atoms with Gasteiger partial charge in [0.15, 0.2) is 0 Å². The highest BCUT2D eigenvalue weighted by Gasteiger charge is 1.78. The van der Waals surface area contributed by atoms with E-state index in [9.17, 15) is 0 Å². The quantitative estimate of drug-likeness (QED) is 0.651. The van der Waals surface area contributed by atoms with Gasteiger partial charge in [-0.25, -0.2) is 0 Å². The molecule has 0 aliphatic rings. The van der Waals surface area contributed by atoms with Gasteiger partial charge in [0.2, 0.25) is 0 Å². The van der Waals surface area contributed by atoms with E-state index in [4.69, 9.17) is 0 Å². The molecule has 0 radical (unpaired) electrons. The maximum atomic E-state index is 2.08. The van der Waals surface area contributed by atoms with Gasteiger partial charge in [0.25, 0.3) is 0 Å². The van der Waals surface area contributed by atoms with Crippen molar-refractivity contribution in [3.05, 3.63) is 83.9 Å². The molecule has 0 aliphatic carbocycles. The molecule has 2 aromatic carbocycles. The highest BCUT2D eigenvalue weighted by molar-refractivity contribution is 5.48. The van der Waals surface area contributed by atoms with Crippen molar-refractivity contribution in [3.8, 4) is 0 Å². The monoisotopic (exact) mass is 236 g/mol. The van der Waals surface area contributed by atoms with Crippen LogP contribution in [0.5, 0.6) is 0 Å². The molecule has 0 amide bonds. The number of hydrogen-bond donors (Lipinski definition) is 0. The van der Waals surface area contributed by atoms with E-state index in [1.807, 2.05) is 62.4 Å². The Labute approximate surface area is 110 Å². The third-order valence-electron chi connectivity index (χ3n) is 2.32. The maximum absolute atomic E-state index is 2.08. The first-order valence-corrected chi connectivity index (χ1v) is 6.22. The van der Waals surface area contributed by atoms with Crippen LogP contribution in [0.3, 0.4) is 0 Å². The molecule has 0 aromatic heterocycles. The molecule has 0 heterocycles. The van der Waals surface area contributed by atoms with Crippen LogP contribution in [0.15, 0.2) is 72.8 Å². The lowest BCUT2D eigenvalue weighted by atomic mass is 10.2. The fourth-order valence-corrected chi connectivity index (χ4v) is 1.51. The summed E-state index contributed by atoms with van der Waals surface area (Å²) in [5.41, 5.74) is 2.53. The molecular formula is C18H20. The average molecular weight is 236 g/mol. The zero-order valence-electron chi connectivity index (χ0n) is 11.1. The molecule has 0 aliphatic heterocycles. The molecular weight excluding hydrogens is 216 g/mol. The first-order chi connectivity index (χ1) is 8.86. The van der Waals surface area contributed by atoms with Gasteiger partial charge >= 0.3 is 0 Å². The van der Waals surface area contributed by atoms with E-state index >= 15 is 0 Å². The van der Waals surface area contributed by atoms with Crippen molar-refractivity contribution >= 4 is 12.2 Å². The number of rotatable bonds is 2. The molecule has 0 fully saturated rings. The summed E-state index contributed by atoms with van der Waals surface area (Å²) < 4.78 is 0. The van der Waals surface area contributed by atoms with Crippen molar-refractivity contribution in [2.24, 2.45) is 0 Å². The Kier molecular flexibility index (Phi) is 6.99. The predicted molar refractivity (Wildman–Crippen MR) is 82.3 cm³/mol. The predicted octanol–water partition coefficient (Wildman–Crippen LogP) is 5.44. The summed E-state index contributed by atoms with van der Waals surface area (Å²) >= 11 is 0. The summed E-state index contributed by atoms with van der Waals surface area (Å²) in [5, 5.41) is 0. The normalized spacial score (nSPS) is 10.3. The topological polar surface area (TPSA) is 0 Å². The minimum absolute atomic E-state index is 1.26. The lowest BCUT2D eigenvalue weighted by Crippen LogP contribution is -1.65. The summed E-state index contributed by atoms with van der Waals surface area (Å²) in [4.78, 5) is 0. The first kappa shape index (κ1) is 14.0. The molecule has 0 saturated heterocycles. The highest BCUT2D eigenvalue weighted by Crippen LogP contribution is 2.00. The number of benzene rings is 2. The van der Waals surface area contributed by atoms with Gasteiger partial charge in [0.05, 0.1) is 0 Å². The Balaban J connectivity index is 0.000000180. The lowest BCUT2D eigenvalue weighted by molar-refractivity contribution is 1.64. The zero-order chi connectivity index (χ0) is 13.1. The number of allylic oxidation sites excluding steroid dienone is 2. The van der Waals surface area contributed by atoms with Crippen molar-refractivity contribution in [1.29, 1.82) is 0 Å². The summed E-state index contributed by atoms with van der Waals surface area (Å²) in [5.74, 6) is 0. The van der Waals surface area contributed by atoms with E-state index in [1.165, 1.54) is 11.1 Å². The molecule has 0 N–H and O–H groups in total. The van der Waals surface area contributed by atoms with Crippen LogP contribution < -0.4 is 0 Å². The van der Waals surface area contributed by atoms with Crippen LogP contribution >= 0.6 is 0 Å². The average Bonchev–Trinajstić information content (AvgIpc) is 2.43. The Hall–Kier alpha value is -2.08. The van der Waals surface area contributed by atoms with Crippen molar-refractivity contribution < 1.29 is 0 Å². The van der Waals surface area contributed by atoms with Crippen molar-refractivity contribution in [2.75, 3.05) is 0 Å². The Morgan fingerprint density at radius 2 is 0.889 bits per heavy atom. The van der Waals surface area contributed by atoms with Crippen molar-refractivity contribution in [2.45, 2.75) is 13.8 Å². The van der Waals surface area contributed by atoms with E-state index < -0.39 is 0 Å². The summed E-state index contributed by atoms with van der Waals surface area (Å²) in [6.07, 6.45) is 8.24. The van der Waals surface area contributed by atoms with Crippen molar-refractivity contribution in [1.82, 2.24) is 0 Å². The number of hydrogen-bond acceptors (Lipinski definition) is 0. The summed E-state index contributed by atoms with van der Waals surface area (Å²) in [6, 6.07) is 20.5. The van der Waals surface area contributed by atoms with Gasteiger partial charge < -0.3 is 0 Å². The standard InChI is InChI=1S/2C9H10/c2*1-2-6-9-7-4-3-5-8-9/h2*2-8H,1H3/b2*6-2+. The van der Waals surface area contributed by atoms with Crippen LogP contribution in [0.2, 0.25) is 0 Å². The minimum atomic E-state index is 1.26. The third kappa shape index (κ3) is 5.86. The van der Waals surface area contributed by atoms with Crippen LogP contribution in [0.1, 0.15) is 25.0 Å². The fourth-order valence-electron chi connectivity index (χ4n) is 1.51. The van der Waals surface area contributed by atoms with Crippen LogP contribution in [0.25, 0.3) is 12.2 Å². The summed E-state index contributed by atoms with van der Waals surface area (Å²) in [7, 11) is 0. The smallest absolute Gasteiger partial charge is 0.0260 e. The third-order valence-corrected chi connectivity index (χ3v) is 2.32. The second-order valence-electron chi connectivity index (χ2n) is 3.82. The SMILES string of the molecule is C/C=C/c1ccccc1.C/C=C/c1ccccc1. The highest BCUT2D eigenvalue weighted by atomic mass is 13.8. The van der Waals surface area contributed by atoms with E-state index in [0.29, 0.717) is 0 Å². The van der Waals surface area contributed by atoms with Crippen molar-refractivity contribution in [3.63, 3.8) is 0 Å². The molecule has 0 saturated carbocycles. The zero-order valence-corrected chi connectivity index (χ0v) is 11.1. The van der Waals surface area contributed by atoms with E-state index in [1.54, 1.807) is 0 Å². The molecule has 0 bridgehead atoms. The molecule has 18 heavy (non-hydrogen) atoms. The van der Waals surface area contributed by atoms with Crippen LogP contribution in [-0.4, -0.2) is 0 Å². The largest absolute Gasteiger partial charge is 0.0871 e. The summed E-state index contributed by atoms with van der Waals surface area (Å²) in [6.45, 7) is 4.04. The van der Waals surface area contributed by atoms with E-state index in [-0.39, 0.29) is 0 Å². The van der Waals surface area contributed by atoms with Gasteiger partial charge in [-0.3, -0.25) is 0 Å².